The number of hydrogen-bond acceptors (Lipinski definition) is 5. The van der Waals surface area contributed by atoms with Gasteiger partial charge in [-0.3, -0.25) is 0 Å². The average molecular weight is 487 g/mol. The van der Waals surface area contributed by atoms with E-state index in [0.717, 1.165) is 50.9 Å². The van der Waals surface area contributed by atoms with Gasteiger partial charge in [-0.1, -0.05) is 49.6 Å². The summed E-state index contributed by atoms with van der Waals surface area (Å²) in [4.78, 5) is 22.7. The first kappa shape index (κ1) is 23.6. The van der Waals surface area contributed by atoms with Crippen LogP contribution in [0.25, 0.3) is 44.5 Å². The minimum absolute atomic E-state index is 0.446. The number of furan rings is 1. The van der Waals surface area contributed by atoms with E-state index >= 15 is 0 Å². The molecule has 37 heavy (non-hydrogen) atoms. The summed E-state index contributed by atoms with van der Waals surface area (Å²) < 4.78 is 16.4. The van der Waals surface area contributed by atoms with Crippen LogP contribution in [0.5, 0.6) is 11.5 Å². The molecule has 0 aliphatic rings. The number of rotatable bonds is 7. The minimum atomic E-state index is -0.499. The van der Waals surface area contributed by atoms with Gasteiger partial charge in [0.2, 0.25) is 0 Å². The van der Waals surface area contributed by atoms with Gasteiger partial charge in [0.15, 0.2) is 0 Å². The van der Waals surface area contributed by atoms with Crippen molar-refractivity contribution in [3.8, 4) is 45.3 Å². The van der Waals surface area contributed by atoms with Gasteiger partial charge >= 0.3 is 11.9 Å². The Morgan fingerprint density at radius 3 is 1.51 bits per heavy atom. The zero-order valence-electron chi connectivity index (χ0n) is 19.8. The molecular weight excluding hydrogens is 464 g/mol. The lowest BCUT2D eigenvalue weighted by atomic mass is 9.99. The van der Waals surface area contributed by atoms with Gasteiger partial charge in [-0.25, -0.2) is 9.59 Å². The molecule has 0 spiro atoms. The van der Waals surface area contributed by atoms with E-state index in [1.54, 1.807) is 24.3 Å². The maximum Gasteiger partial charge on any atom is 0.335 e. The average Bonchev–Trinajstić information content (AvgIpc) is 3.43. The molecule has 0 saturated heterocycles. The van der Waals surface area contributed by atoms with Crippen molar-refractivity contribution in [2.45, 2.75) is 0 Å². The number of esters is 2. The molecule has 5 heteroatoms. The van der Waals surface area contributed by atoms with Crippen LogP contribution in [0.15, 0.2) is 127 Å². The first-order valence-corrected chi connectivity index (χ1v) is 11.6. The number of fused-ring (bicyclic) bond motifs is 1. The highest BCUT2D eigenvalue weighted by Crippen LogP contribution is 2.33. The highest BCUT2D eigenvalue weighted by Gasteiger charge is 2.10. The van der Waals surface area contributed by atoms with Crippen molar-refractivity contribution in [3.63, 3.8) is 0 Å². The Balaban J connectivity index is 1.34. The van der Waals surface area contributed by atoms with Gasteiger partial charge in [0.1, 0.15) is 23.0 Å². The second kappa shape index (κ2) is 10.2. The second-order valence-electron chi connectivity index (χ2n) is 8.24. The summed E-state index contributed by atoms with van der Waals surface area (Å²) in [5.74, 6) is 1.41. The summed E-state index contributed by atoms with van der Waals surface area (Å²) in [6.07, 6.45) is 2.26. The van der Waals surface area contributed by atoms with Crippen molar-refractivity contribution in [1.29, 1.82) is 0 Å². The fourth-order valence-electron chi connectivity index (χ4n) is 3.95. The molecule has 0 saturated carbocycles. The molecule has 0 amide bonds. The summed E-state index contributed by atoms with van der Waals surface area (Å²) in [7, 11) is 0. The highest BCUT2D eigenvalue weighted by atomic mass is 16.5. The lowest BCUT2D eigenvalue weighted by Gasteiger charge is -2.07. The maximum absolute atomic E-state index is 11.4. The number of benzene rings is 4. The molecule has 5 rings (SSSR count). The van der Waals surface area contributed by atoms with Crippen molar-refractivity contribution >= 4 is 22.7 Å². The number of hydrogen-bond donors (Lipinski definition) is 0. The lowest BCUT2D eigenvalue weighted by molar-refractivity contribution is -0.129. The number of carbonyl (C=O) groups excluding carboxylic acids is 2. The van der Waals surface area contributed by atoms with Crippen LogP contribution < -0.4 is 9.47 Å². The topological polar surface area (TPSA) is 65.7 Å². The fraction of sp³-hybridized carbons (Fsp3) is 0. The largest absolute Gasteiger partial charge is 0.456 e. The second-order valence-corrected chi connectivity index (χ2v) is 8.24. The molecule has 0 bridgehead atoms. The van der Waals surface area contributed by atoms with Gasteiger partial charge in [-0.05, 0) is 82.6 Å². The lowest BCUT2D eigenvalue weighted by Crippen LogP contribution is -2.02. The molecule has 0 atom stereocenters. The molecular formula is C32H22O5. The minimum Gasteiger partial charge on any atom is -0.456 e. The standard InChI is InChI=1S/C32H22O5/c1-3-31(33)35-27-13-9-21(10-14-27)23-5-6-25-20-26(8-7-24(25)19-23)30-18-17-29(37-30)22-11-15-28(16-12-22)36-32(34)4-2/h3-20H,1-2H2. The molecule has 1 heterocycles. The van der Waals surface area contributed by atoms with Crippen molar-refractivity contribution in [2.24, 2.45) is 0 Å². The molecule has 180 valence electrons. The molecule has 0 fully saturated rings. The van der Waals surface area contributed by atoms with Crippen LogP contribution in [-0.4, -0.2) is 11.9 Å². The third-order valence-corrected chi connectivity index (χ3v) is 5.83. The number of carbonyl (C=O) groups is 2. The molecule has 5 nitrogen and oxygen atoms in total. The predicted molar refractivity (Wildman–Crippen MR) is 144 cm³/mol. The zero-order chi connectivity index (χ0) is 25.8. The van der Waals surface area contributed by atoms with E-state index in [9.17, 15) is 9.59 Å². The SMILES string of the molecule is C=CC(=O)Oc1ccc(-c2ccc3cc(-c4ccc(-c5ccc(OC(=O)C=C)cc5)o4)ccc3c2)cc1. The normalized spacial score (nSPS) is 10.6. The third-order valence-electron chi connectivity index (χ3n) is 5.83. The summed E-state index contributed by atoms with van der Waals surface area (Å²) in [6.45, 7) is 6.81. The molecule has 4 aromatic carbocycles. The first-order chi connectivity index (χ1) is 18.0. The van der Waals surface area contributed by atoms with E-state index in [2.05, 4.69) is 43.5 Å². The van der Waals surface area contributed by atoms with Crippen molar-refractivity contribution in [1.82, 2.24) is 0 Å². The fourth-order valence-corrected chi connectivity index (χ4v) is 3.95. The van der Waals surface area contributed by atoms with Crippen LogP contribution >= 0.6 is 0 Å². The van der Waals surface area contributed by atoms with E-state index in [4.69, 9.17) is 13.9 Å². The molecule has 0 radical (unpaired) electrons. The molecule has 5 aromatic rings. The Labute approximate surface area is 213 Å². The maximum atomic E-state index is 11.4. The smallest absolute Gasteiger partial charge is 0.335 e. The van der Waals surface area contributed by atoms with Crippen molar-refractivity contribution in [3.05, 3.63) is 122 Å². The van der Waals surface area contributed by atoms with Gasteiger partial charge < -0.3 is 13.9 Å². The molecule has 0 unspecified atom stereocenters. The highest BCUT2D eigenvalue weighted by molar-refractivity contribution is 5.90. The van der Waals surface area contributed by atoms with Gasteiger partial charge in [0.25, 0.3) is 0 Å². The molecule has 0 aliphatic carbocycles. The molecule has 0 N–H and O–H groups in total. The van der Waals surface area contributed by atoms with Crippen molar-refractivity contribution < 1.29 is 23.5 Å². The van der Waals surface area contributed by atoms with Gasteiger partial charge in [-0.15, -0.1) is 0 Å². The quantitative estimate of drug-likeness (QED) is 0.134. The Morgan fingerprint density at radius 2 is 0.973 bits per heavy atom. The van der Waals surface area contributed by atoms with Gasteiger partial charge in [-0.2, -0.15) is 0 Å². The Morgan fingerprint density at radius 1 is 0.541 bits per heavy atom. The Bertz CT molecular complexity index is 1620. The van der Waals surface area contributed by atoms with E-state index in [0.29, 0.717) is 17.3 Å². The van der Waals surface area contributed by atoms with Gasteiger partial charge in [0, 0.05) is 23.3 Å². The van der Waals surface area contributed by atoms with Crippen LogP contribution in [0.1, 0.15) is 0 Å². The van der Waals surface area contributed by atoms with Crippen LogP contribution in [0.3, 0.4) is 0 Å². The van der Waals surface area contributed by atoms with Gasteiger partial charge in [0.05, 0.1) is 0 Å². The van der Waals surface area contributed by atoms with Crippen molar-refractivity contribution in [2.75, 3.05) is 0 Å². The summed E-state index contributed by atoms with van der Waals surface area (Å²) >= 11 is 0. The van der Waals surface area contributed by atoms with E-state index in [1.165, 1.54) is 0 Å². The summed E-state index contributed by atoms with van der Waals surface area (Å²) in [6, 6.07) is 30.8. The third kappa shape index (κ3) is 5.26. The number of ether oxygens (including phenoxy) is 2. The molecule has 0 aliphatic heterocycles. The first-order valence-electron chi connectivity index (χ1n) is 11.6. The Kier molecular flexibility index (Phi) is 6.51. The van der Waals surface area contributed by atoms with E-state index < -0.39 is 11.9 Å². The van der Waals surface area contributed by atoms with E-state index in [-0.39, 0.29) is 0 Å². The van der Waals surface area contributed by atoms with Crippen LogP contribution in [0.4, 0.5) is 0 Å². The summed E-state index contributed by atoms with van der Waals surface area (Å²) in [5, 5.41) is 2.18. The molecule has 1 aromatic heterocycles. The van der Waals surface area contributed by atoms with Crippen LogP contribution in [0.2, 0.25) is 0 Å². The monoisotopic (exact) mass is 486 g/mol. The predicted octanol–water partition coefficient (Wildman–Crippen LogP) is 7.62. The Hall–Kier alpha value is -5.16. The van der Waals surface area contributed by atoms with E-state index in [1.807, 2.05) is 42.5 Å². The zero-order valence-corrected chi connectivity index (χ0v) is 19.8. The van der Waals surface area contributed by atoms with Crippen LogP contribution in [-0.2, 0) is 9.59 Å². The van der Waals surface area contributed by atoms with Crippen LogP contribution in [0, 0.1) is 0 Å². The summed E-state index contributed by atoms with van der Waals surface area (Å²) in [5.41, 5.74) is 3.92.